The number of anilines is 1. The van der Waals surface area contributed by atoms with E-state index in [2.05, 4.69) is 40.4 Å². The van der Waals surface area contributed by atoms with Crippen molar-refractivity contribution in [3.63, 3.8) is 0 Å². The maximum atomic E-state index is 14.3. The molecule has 14 heteroatoms. The second-order valence-corrected chi connectivity index (χ2v) is 7.81. The lowest BCUT2D eigenvalue weighted by molar-refractivity contribution is -0.187. The highest BCUT2D eigenvalue weighted by Crippen LogP contribution is 2.28. The number of para-hydroxylation sites is 1. The van der Waals surface area contributed by atoms with Gasteiger partial charge in [-0.2, -0.15) is 13.8 Å². The highest BCUT2D eigenvalue weighted by Gasteiger charge is 2.42. The normalized spacial score (nSPS) is 11.2. The van der Waals surface area contributed by atoms with Crippen LogP contribution in [0.3, 0.4) is 0 Å². The van der Waals surface area contributed by atoms with Crippen LogP contribution in [0.4, 0.5) is 20.3 Å². The first kappa shape index (κ1) is 24.3. The van der Waals surface area contributed by atoms with Gasteiger partial charge in [-0.1, -0.05) is 35.4 Å². The minimum absolute atomic E-state index is 0.110. The van der Waals surface area contributed by atoms with Crippen LogP contribution in [0.5, 0.6) is 11.8 Å². The minimum Gasteiger partial charge on any atom is -0.458 e. The second kappa shape index (κ2) is 9.90. The van der Waals surface area contributed by atoms with Gasteiger partial charge in [-0.3, -0.25) is 4.79 Å². The lowest BCUT2D eigenvalue weighted by atomic mass is 10.3. The monoisotopic (exact) mass is 517 g/mol. The molecule has 1 amide bonds. The number of aromatic nitrogens is 7. The van der Waals surface area contributed by atoms with E-state index >= 15 is 0 Å². The van der Waals surface area contributed by atoms with Crippen LogP contribution in [0.1, 0.15) is 5.69 Å². The van der Waals surface area contributed by atoms with Crippen molar-refractivity contribution in [1.29, 1.82) is 0 Å². The number of carbonyl (C=O) groups is 1. The number of nitrogens with zero attached hydrogens (tertiary/aromatic N) is 8. The lowest BCUT2D eigenvalue weighted by Crippen LogP contribution is -2.40. The third kappa shape index (κ3) is 4.93. The van der Waals surface area contributed by atoms with Crippen molar-refractivity contribution in [3.05, 3.63) is 83.8 Å². The maximum absolute atomic E-state index is 14.3. The lowest BCUT2D eigenvalue weighted by Gasteiger charge is -2.17. The van der Waals surface area contributed by atoms with Gasteiger partial charge in [0.2, 0.25) is 0 Å². The summed E-state index contributed by atoms with van der Waals surface area (Å²) in [4.78, 5) is 24.2. The standard InChI is InChI=1S/C24H17F2N9O3/c1-27-15-11-12-19-18(13-15)29-23(35(19)22-31-32-33-34(22)2)37-14-16-7-6-10-20(28-16)30-21(36)24(25,26)38-17-8-4-3-5-9-17/h3-13H,14H2,2H3,(H,28,30,36). The number of tetrazole rings is 1. The molecule has 0 radical (unpaired) electrons. The summed E-state index contributed by atoms with van der Waals surface area (Å²) in [5.74, 6) is -1.65. The molecule has 190 valence electrons. The van der Waals surface area contributed by atoms with Crippen molar-refractivity contribution >= 4 is 28.4 Å². The van der Waals surface area contributed by atoms with Gasteiger partial charge in [0.15, 0.2) is 5.69 Å². The van der Waals surface area contributed by atoms with E-state index in [-0.39, 0.29) is 24.2 Å². The van der Waals surface area contributed by atoms with Gasteiger partial charge < -0.3 is 14.8 Å². The Morgan fingerprint density at radius 3 is 2.66 bits per heavy atom. The van der Waals surface area contributed by atoms with E-state index < -0.39 is 12.0 Å². The number of hydrogen-bond acceptors (Lipinski definition) is 8. The van der Waals surface area contributed by atoms with E-state index in [0.717, 1.165) is 0 Å². The smallest absolute Gasteiger partial charge is 0.458 e. The van der Waals surface area contributed by atoms with E-state index in [1.165, 1.54) is 41.1 Å². The van der Waals surface area contributed by atoms with Crippen LogP contribution in [0, 0.1) is 6.57 Å². The quantitative estimate of drug-likeness (QED) is 0.309. The summed E-state index contributed by atoms with van der Waals surface area (Å²) in [6.07, 6.45) is -4.13. The first-order valence-electron chi connectivity index (χ1n) is 11.0. The first-order chi connectivity index (χ1) is 18.3. The first-order valence-corrected chi connectivity index (χ1v) is 11.0. The van der Waals surface area contributed by atoms with Crippen molar-refractivity contribution in [3.8, 4) is 17.7 Å². The largest absolute Gasteiger partial charge is 0.482 e. The number of halogens is 2. The molecular formula is C24H17F2N9O3. The van der Waals surface area contributed by atoms with E-state index in [9.17, 15) is 13.6 Å². The molecule has 0 saturated heterocycles. The Labute approximate surface area is 213 Å². The number of amides is 1. The minimum atomic E-state index is -4.13. The molecule has 0 atom stereocenters. The van der Waals surface area contributed by atoms with Crippen LogP contribution in [0.2, 0.25) is 0 Å². The molecule has 0 aliphatic carbocycles. The van der Waals surface area contributed by atoms with Crippen molar-refractivity contribution in [1.82, 2.24) is 34.7 Å². The van der Waals surface area contributed by atoms with Gasteiger partial charge in [-0.05, 0) is 46.8 Å². The summed E-state index contributed by atoms with van der Waals surface area (Å²) in [5, 5.41) is 13.5. The average Bonchev–Trinajstić information content (AvgIpc) is 3.49. The Morgan fingerprint density at radius 1 is 1.11 bits per heavy atom. The van der Waals surface area contributed by atoms with Gasteiger partial charge in [0.25, 0.3) is 5.95 Å². The highest BCUT2D eigenvalue weighted by atomic mass is 19.3. The van der Waals surface area contributed by atoms with Gasteiger partial charge in [-0.25, -0.2) is 19.1 Å². The van der Waals surface area contributed by atoms with Crippen LogP contribution in [0.25, 0.3) is 21.8 Å². The summed E-state index contributed by atoms with van der Waals surface area (Å²) in [7, 11) is 1.64. The summed E-state index contributed by atoms with van der Waals surface area (Å²) in [5.41, 5.74) is 1.78. The average molecular weight is 517 g/mol. The van der Waals surface area contributed by atoms with Crippen LogP contribution in [-0.4, -0.2) is 46.8 Å². The third-order valence-electron chi connectivity index (χ3n) is 5.19. The number of alkyl halides is 2. The molecule has 0 fully saturated rings. The van der Waals surface area contributed by atoms with E-state index in [1.54, 1.807) is 41.9 Å². The van der Waals surface area contributed by atoms with Gasteiger partial charge >= 0.3 is 18.0 Å². The zero-order valence-corrected chi connectivity index (χ0v) is 19.6. The number of pyridine rings is 1. The third-order valence-corrected chi connectivity index (χ3v) is 5.19. The molecule has 12 nitrogen and oxygen atoms in total. The van der Waals surface area contributed by atoms with Crippen LogP contribution < -0.4 is 14.8 Å². The number of fused-ring (bicyclic) bond motifs is 1. The van der Waals surface area contributed by atoms with Gasteiger partial charge in [0, 0.05) is 7.05 Å². The molecule has 38 heavy (non-hydrogen) atoms. The molecule has 2 aromatic carbocycles. The van der Waals surface area contributed by atoms with E-state index in [0.29, 0.717) is 28.4 Å². The molecule has 0 spiro atoms. The van der Waals surface area contributed by atoms with Gasteiger partial charge in [0.1, 0.15) is 18.2 Å². The molecule has 3 aromatic heterocycles. The van der Waals surface area contributed by atoms with Crippen LogP contribution >= 0.6 is 0 Å². The van der Waals surface area contributed by atoms with Crippen molar-refractivity contribution < 1.29 is 23.0 Å². The number of carbonyl (C=O) groups excluding carboxylic acids is 1. The number of benzene rings is 2. The number of rotatable bonds is 8. The summed E-state index contributed by atoms with van der Waals surface area (Å²) >= 11 is 0. The molecule has 0 unspecified atom stereocenters. The molecule has 5 aromatic rings. The Balaban J connectivity index is 1.35. The summed E-state index contributed by atoms with van der Waals surface area (Å²) < 4.78 is 42.0. The summed E-state index contributed by atoms with van der Waals surface area (Å²) in [6.45, 7) is 7.11. The number of aryl methyl sites for hydroxylation is 1. The zero-order valence-electron chi connectivity index (χ0n) is 19.6. The zero-order chi connectivity index (χ0) is 26.7. The predicted molar refractivity (Wildman–Crippen MR) is 129 cm³/mol. The second-order valence-electron chi connectivity index (χ2n) is 7.81. The highest BCUT2D eigenvalue weighted by molar-refractivity contribution is 5.94. The molecule has 1 N–H and O–H groups in total. The number of hydrogen-bond donors (Lipinski definition) is 1. The fourth-order valence-electron chi connectivity index (χ4n) is 3.46. The SMILES string of the molecule is [C-]#[N+]c1ccc2c(c1)nc(OCc1cccc(NC(=O)C(F)(F)Oc3ccccc3)n1)n2-c1nnnn1C. The fraction of sp³-hybridized carbons (Fsp3) is 0.125. The Hall–Kier alpha value is -5.45. The van der Waals surface area contributed by atoms with Crippen molar-refractivity contribution in [2.24, 2.45) is 7.05 Å². The number of imidazole rings is 1. The Kier molecular flexibility index (Phi) is 6.32. The molecule has 0 aliphatic rings. The topological polar surface area (TPSA) is 126 Å². The van der Waals surface area contributed by atoms with E-state index in [1.807, 2.05) is 0 Å². The predicted octanol–water partition coefficient (Wildman–Crippen LogP) is 3.68. The molecular weight excluding hydrogens is 500 g/mol. The molecule has 0 saturated carbocycles. The van der Waals surface area contributed by atoms with E-state index in [4.69, 9.17) is 11.3 Å². The van der Waals surface area contributed by atoms with Crippen molar-refractivity contribution in [2.45, 2.75) is 12.7 Å². The molecule has 3 heterocycles. The Bertz CT molecular complexity index is 1660. The summed E-state index contributed by atoms with van der Waals surface area (Å²) in [6, 6.07) is 16.8. The van der Waals surface area contributed by atoms with Gasteiger partial charge in [0.05, 0.1) is 23.3 Å². The van der Waals surface area contributed by atoms with Crippen molar-refractivity contribution in [2.75, 3.05) is 5.32 Å². The number of ether oxygens (including phenoxy) is 2. The maximum Gasteiger partial charge on any atom is 0.482 e. The molecule has 5 rings (SSSR count). The van der Waals surface area contributed by atoms with Crippen LogP contribution in [-0.2, 0) is 18.4 Å². The number of nitrogens with one attached hydrogen (secondary N) is 1. The Morgan fingerprint density at radius 2 is 1.92 bits per heavy atom. The fourth-order valence-corrected chi connectivity index (χ4v) is 3.46. The molecule has 0 aliphatic heterocycles. The van der Waals surface area contributed by atoms with Gasteiger partial charge in [-0.15, -0.1) is 0 Å². The molecule has 0 bridgehead atoms. The van der Waals surface area contributed by atoms with Crippen LogP contribution in [0.15, 0.2) is 66.7 Å².